The highest BCUT2D eigenvalue weighted by Crippen LogP contribution is 2.35. The van der Waals surface area contributed by atoms with Gasteiger partial charge in [-0.15, -0.1) is 11.3 Å². The molecule has 6 nitrogen and oxygen atoms in total. The van der Waals surface area contributed by atoms with E-state index >= 15 is 0 Å². The summed E-state index contributed by atoms with van der Waals surface area (Å²) in [5.74, 6) is 1.07. The molecule has 1 aliphatic carbocycles. The highest BCUT2D eigenvalue weighted by molar-refractivity contribution is 7.18. The number of nitrogens with zero attached hydrogens (tertiary/aromatic N) is 5. The summed E-state index contributed by atoms with van der Waals surface area (Å²) >= 11 is 1.76. The van der Waals surface area contributed by atoms with Gasteiger partial charge in [-0.1, -0.05) is 36.8 Å². The van der Waals surface area contributed by atoms with Gasteiger partial charge in [0.2, 0.25) is 5.91 Å². The molecular weight excluding hydrogens is 418 g/mol. The summed E-state index contributed by atoms with van der Waals surface area (Å²) in [6.45, 7) is 6.14. The maximum absolute atomic E-state index is 13.0. The van der Waals surface area contributed by atoms with E-state index in [1.54, 1.807) is 11.3 Å². The number of piperazine rings is 1. The van der Waals surface area contributed by atoms with Crippen LogP contribution in [0.3, 0.4) is 0 Å². The third-order valence-corrected chi connectivity index (χ3v) is 8.46. The van der Waals surface area contributed by atoms with E-state index in [1.165, 1.54) is 35.1 Å². The van der Waals surface area contributed by atoms with Crippen molar-refractivity contribution in [2.45, 2.75) is 38.3 Å². The molecule has 1 saturated carbocycles. The van der Waals surface area contributed by atoms with Crippen LogP contribution >= 0.6 is 11.3 Å². The summed E-state index contributed by atoms with van der Waals surface area (Å²) in [4.78, 5) is 31.8. The maximum Gasteiger partial charge on any atom is 0.236 e. The first-order valence-electron chi connectivity index (χ1n) is 11.8. The second-order valence-electron chi connectivity index (χ2n) is 9.24. The van der Waals surface area contributed by atoms with Crippen LogP contribution in [-0.4, -0.2) is 75.9 Å². The third kappa shape index (κ3) is 3.83. The van der Waals surface area contributed by atoms with Gasteiger partial charge >= 0.3 is 0 Å². The molecule has 0 unspecified atom stereocenters. The lowest BCUT2D eigenvalue weighted by atomic mass is 9.91. The first kappa shape index (κ1) is 20.3. The molecule has 1 saturated heterocycles. The number of aromatic nitrogens is 2. The molecule has 4 heterocycles. The van der Waals surface area contributed by atoms with Gasteiger partial charge in [0, 0.05) is 67.3 Å². The zero-order valence-corrected chi connectivity index (χ0v) is 19.2. The fraction of sp³-hybridized carbons (Fsp3) is 0.480. The summed E-state index contributed by atoms with van der Waals surface area (Å²) in [6.07, 6.45) is 7.01. The third-order valence-electron chi connectivity index (χ3n) is 7.33. The number of rotatable bonds is 4. The SMILES string of the molecule is O=C(CN1CCc2c(sc3nc(-c4ccccc4)ncc23)C1)N1CCN(C2CCC2)CC1. The summed E-state index contributed by atoms with van der Waals surface area (Å²) in [6, 6.07) is 10.9. The monoisotopic (exact) mass is 447 g/mol. The number of amides is 1. The van der Waals surface area contributed by atoms with Gasteiger partial charge in [-0.3, -0.25) is 14.6 Å². The van der Waals surface area contributed by atoms with Crippen LogP contribution in [-0.2, 0) is 17.8 Å². The molecule has 3 aromatic rings. The van der Waals surface area contributed by atoms with Crippen LogP contribution in [0.4, 0.5) is 0 Å². The van der Waals surface area contributed by atoms with Crippen LogP contribution in [0.2, 0.25) is 0 Å². The Bertz CT molecular complexity index is 1120. The van der Waals surface area contributed by atoms with Gasteiger partial charge in [0.1, 0.15) is 4.83 Å². The summed E-state index contributed by atoms with van der Waals surface area (Å²) in [5, 5.41) is 1.18. The molecule has 0 bridgehead atoms. The van der Waals surface area contributed by atoms with Crippen molar-refractivity contribution >= 4 is 27.5 Å². The zero-order valence-electron chi connectivity index (χ0n) is 18.4. The fourth-order valence-electron chi connectivity index (χ4n) is 5.17. The number of thiophene rings is 1. The van der Waals surface area contributed by atoms with Gasteiger partial charge in [0.15, 0.2) is 5.82 Å². The van der Waals surface area contributed by atoms with Gasteiger partial charge in [0.05, 0.1) is 6.54 Å². The predicted octanol–water partition coefficient (Wildman–Crippen LogP) is 3.41. The number of carbonyl (C=O) groups excluding carboxylic acids is 1. The van der Waals surface area contributed by atoms with Gasteiger partial charge < -0.3 is 4.90 Å². The van der Waals surface area contributed by atoms with Crippen molar-refractivity contribution in [3.05, 3.63) is 47.0 Å². The van der Waals surface area contributed by atoms with Crippen LogP contribution in [0, 0.1) is 0 Å². The zero-order chi connectivity index (χ0) is 21.5. The minimum Gasteiger partial charge on any atom is -0.339 e. The highest BCUT2D eigenvalue weighted by atomic mass is 32.1. The van der Waals surface area contributed by atoms with Crippen molar-refractivity contribution in [1.29, 1.82) is 0 Å². The molecule has 0 radical (unpaired) electrons. The molecule has 0 spiro atoms. The topological polar surface area (TPSA) is 52.6 Å². The second-order valence-corrected chi connectivity index (χ2v) is 10.3. The Morgan fingerprint density at radius 2 is 1.88 bits per heavy atom. The number of carbonyl (C=O) groups is 1. The van der Waals surface area contributed by atoms with Gasteiger partial charge in [-0.2, -0.15) is 0 Å². The molecule has 166 valence electrons. The van der Waals surface area contributed by atoms with Crippen LogP contribution in [0.15, 0.2) is 36.5 Å². The Morgan fingerprint density at radius 1 is 1.06 bits per heavy atom. The molecule has 1 amide bonds. The number of hydrogen-bond donors (Lipinski definition) is 0. The maximum atomic E-state index is 13.0. The molecule has 3 aliphatic rings. The molecule has 7 heteroatoms. The number of benzene rings is 1. The predicted molar refractivity (Wildman–Crippen MR) is 128 cm³/mol. The largest absolute Gasteiger partial charge is 0.339 e. The van der Waals surface area contributed by atoms with E-state index < -0.39 is 0 Å². The van der Waals surface area contributed by atoms with E-state index in [2.05, 4.69) is 19.7 Å². The Hall–Kier alpha value is -2.35. The van der Waals surface area contributed by atoms with Gasteiger partial charge in [-0.25, -0.2) is 9.97 Å². The van der Waals surface area contributed by atoms with E-state index in [9.17, 15) is 4.79 Å². The van der Waals surface area contributed by atoms with E-state index in [4.69, 9.17) is 4.98 Å². The van der Waals surface area contributed by atoms with Crippen molar-refractivity contribution in [3.63, 3.8) is 0 Å². The molecule has 1 aromatic carbocycles. The van der Waals surface area contributed by atoms with Crippen molar-refractivity contribution in [2.75, 3.05) is 39.3 Å². The van der Waals surface area contributed by atoms with E-state index in [1.807, 2.05) is 36.5 Å². The van der Waals surface area contributed by atoms with Crippen molar-refractivity contribution in [1.82, 2.24) is 24.7 Å². The molecular formula is C25H29N5OS. The Balaban J connectivity index is 1.11. The van der Waals surface area contributed by atoms with Crippen LogP contribution in [0.1, 0.15) is 29.7 Å². The second kappa shape index (κ2) is 8.54. The fourth-order valence-corrected chi connectivity index (χ4v) is 6.41. The minimum atomic E-state index is 0.286. The van der Waals surface area contributed by atoms with Crippen molar-refractivity contribution in [2.24, 2.45) is 0 Å². The minimum absolute atomic E-state index is 0.286. The first-order chi connectivity index (χ1) is 15.7. The highest BCUT2D eigenvalue weighted by Gasteiger charge is 2.30. The molecule has 2 fully saturated rings. The summed E-state index contributed by atoms with van der Waals surface area (Å²) in [5.41, 5.74) is 2.42. The Kier molecular flexibility index (Phi) is 5.41. The molecule has 0 N–H and O–H groups in total. The smallest absolute Gasteiger partial charge is 0.236 e. The lowest BCUT2D eigenvalue weighted by molar-refractivity contribution is -0.135. The molecule has 2 aliphatic heterocycles. The quantitative estimate of drug-likeness (QED) is 0.614. The van der Waals surface area contributed by atoms with Crippen molar-refractivity contribution < 1.29 is 4.79 Å². The van der Waals surface area contributed by atoms with Crippen LogP contribution < -0.4 is 0 Å². The lowest BCUT2D eigenvalue weighted by Gasteiger charge is -2.43. The molecule has 0 atom stereocenters. The first-order valence-corrected chi connectivity index (χ1v) is 12.6. The average Bonchev–Trinajstić information content (AvgIpc) is 3.16. The summed E-state index contributed by atoms with van der Waals surface area (Å²) in [7, 11) is 0. The number of hydrogen-bond acceptors (Lipinski definition) is 6. The van der Waals surface area contributed by atoms with E-state index in [0.29, 0.717) is 6.54 Å². The average molecular weight is 448 g/mol. The molecule has 6 rings (SSSR count). The standard InChI is InChI=1S/C25H29N5OS/c31-23(30-13-11-29(12-14-30)19-7-4-8-19)17-28-10-9-20-21-15-26-24(18-5-2-1-3-6-18)27-25(21)32-22(20)16-28/h1-3,5-6,15,19H,4,7-14,16-17H2. The van der Waals surface area contributed by atoms with Gasteiger partial charge in [-0.05, 0) is 24.8 Å². The normalized spacial score (nSPS) is 20.3. The summed E-state index contributed by atoms with van der Waals surface area (Å²) < 4.78 is 0. The Morgan fingerprint density at radius 3 is 2.62 bits per heavy atom. The number of fused-ring (bicyclic) bond motifs is 3. The van der Waals surface area contributed by atoms with Crippen molar-refractivity contribution in [3.8, 4) is 11.4 Å². The van der Waals surface area contributed by atoms with E-state index in [-0.39, 0.29) is 5.91 Å². The van der Waals surface area contributed by atoms with Crippen LogP contribution in [0.25, 0.3) is 21.6 Å². The lowest BCUT2D eigenvalue weighted by Crippen LogP contribution is -2.55. The molecule has 2 aromatic heterocycles. The molecule has 32 heavy (non-hydrogen) atoms. The van der Waals surface area contributed by atoms with Crippen LogP contribution in [0.5, 0.6) is 0 Å². The van der Waals surface area contributed by atoms with Gasteiger partial charge in [0.25, 0.3) is 0 Å². The Labute approximate surface area is 192 Å². The van der Waals surface area contributed by atoms with E-state index in [0.717, 1.165) is 67.9 Å².